The van der Waals surface area contributed by atoms with Crippen LogP contribution in [0.2, 0.25) is 0 Å². The number of rotatable bonds is 7. The van der Waals surface area contributed by atoms with Gasteiger partial charge < -0.3 is 10.1 Å². The third-order valence-corrected chi connectivity index (χ3v) is 7.38. The summed E-state index contributed by atoms with van der Waals surface area (Å²) in [6.45, 7) is -0.411. The number of amides is 1. The zero-order chi connectivity index (χ0) is 23.4. The van der Waals surface area contributed by atoms with Crippen LogP contribution in [0.25, 0.3) is 10.8 Å². The molecule has 0 atom stereocenters. The molecule has 0 radical (unpaired) electrons. The largest absolute Gasteiger partial charge is 0.495 e. The Hall–Kier alpha value is -3.36. The fourth-order valence-electron chi connectivity index (χ4n) is 3.53. The summed E-state index contributed by atoms with van der Waals surface area (Å²) < 4.78 is 34.4. The summed E-state index contributed by atoms with van der Waals surface area (Å²) >= 11 is 3.32. The first-order chi connectivity index (χ1) is 15.9. The number of anilines is 2. The number of sulfonamides is 1. The number of hydrogen-bond acceptors (Lipinski definition) is 4. The van der Waals surface area contributed by atoms with Crippen LogP contribution >= 0.6 is 15.9 Å². The zero-order valence-electron chi connectivity index (χ0n) is 17.7. The van der Waals surface area contributed by atoms with Crippen molar-refractivity contribution in [2.45, 2.75) is 4.90 Å². The molecule has 4 aromatic rings. The van der Waals surface area contributed by atoms with E-state index in [1.807, 2.05) is 36.4 Å². The molecule has 0 saturated carbocycles. The van der Waals surface area contributed by atoms with Crippen molar-refractivity contribution >= 4 is 54.0 Å². The van der Waals surface area contributed by atoms with Gasteiger partial charge in [-0.15, -0.1) is 0 Å². The van der Waals surface area contributed by atoms with Crippen molar-refractivity contribution in [3.8, 4) is 5.75 Å². The summed E-state index contributed by atoms with van der Waals surface area (Å²) in [5.41, 5.74) is 0.983. The molecule has 8 heteroatoms. The third-order valence-electron chi connectivity index (χ3n) is 5.09. The molecule has 0 fully saturated rings. The Morgan fingerprint density at radius 2 is 1.64 bits per heavy atom. The van der Waals surface area contributed by atoms with Crippen LogP contribution in [0, 0.1) is 0 Å². The molecule has 0 aliphatic carbocycles. The van der Waals surface area contributed by atoms with E-state index in [1.54, 1.807) is 48.5 Å². The van der Waals surface area contributed by atoms with E-state index < -0.39 is 22.5 Å². The summed E-state index contributed by atoms with van der Waals surface area (Å²) in [6, 6.07) is 26.5. The van der Waals surface area contributed by atoms with Crippen LogP contribution in [0.1, 0.15) is 0 Å². The summed E-state index contributed by atoms with van der Waals surface area (Å²) in [5.74, 6) is -0.277. The van der Waals surface area contributed by atoms with Crippen molar-refractivity contribution in [2.24, 2.45) is 0 Å². The highest BCUT2D eigenvalue weighted by molar-refractivity contribution is 9.10. The van der Waals surface area contributed by atoms with E-state index >= 15 is 0 Å². The second kappa shape index (κ2) is 9.64. The molecule has 4 aromatic carbocycles. The molecule has 0 aliphatic heterocycles. The Morgan fingerprint density at radius 3 is 2.39 bits per heavy atom. The van der Waals surface area contributed by atoms with Crippen molar-refractivity contribution in [1.29, 1.82) is 0 Å². The van der Waals surface area contributed by atoms with Crippen LogP contribution in [0.15, 0.2) is 100 Å². The summed E-state index contributed by atoms with van der Waals surface area (Å²) in [4.78, 5) is 13.0. The summed E-state index contributed by atoms with van der Waals surface area (Å²) in [7, 11) is -2.73. The number of para-hydroxylation sites is 1. The van der Waals surface area contributed by atoms with Gasteiger partial charge in [0.15, 0.2) is 0 Å². The second-order valence-corrected chi connectivity index (χ2v) is 9.96. The van der Waals surface area contributed by atoms with Gasteiger partial charge in [-0.25, -0.2) is 8.42 Å². The minimum atomic E-state index is -4.13. The molecule has 6 nitrogen and oxygen atoms in total. The maximum Gasteiger partial charge on any atom is 0.268 e. The highest BCUT2D eigenvalue weighted by Gasteiger charge is 2.30. The lowest BCUT2D eigenvalue weighted by Crippen LogP contribution is -2.38. The molecule has 0 unspecified atom stereocenters. The number of methoxy groups -OCH3 is 1. The molecular weight excluding hydrogens is 504 g/mol. The molecule has 1 amide bonds. The highest BCUT2D eigenvalue weighted by Crippen LogP contribution is 2.32. The van der Waals surface area contributed by atoms with Crippen LogP contribution in [-0.2, 0) is 14.8 Å². The van der Waals surface area contributed by atoms with Gasteiger partial charge in [0.2, 0.25) is 5.91 Å². The van der Waals surface area contributed by atoms with Gasteiger partial charge in [-0.3, -0.25) is 9.10 Å². The number of carbonyl (C=O) groups excluding carboxylic acids is 1. The highest BCUT2D eigenvalue weighted by atomic mass is 79.9. The first-order valence-corrected chi connectivity index (χ1v) is 12.3. The van der Waals surface area contributed by atoms with E-state index in [0.29, 0.717) is 15.8 Å². The predicted molar refractivity (Wildman–Crippen MR) is 134 cm³/mol. The van der Waals surface area contributed by atoms with E-state index in [0.717, 1.165) is 15.1 Å². The fourth-order valence-corrected chi connectivity index (χ4v) is 5.65. The third kappa shape index (κ3) is 4.86. The molecule has 4 rings (SSSR count). The number of hydrogen-bond donors (Lipinski definition) is 1. The van der Waals surface area contributed by atoms with Gasteiger partial charge in [0.05, 0.1) is 12.8 Å². The SMILES string of the molecule is COc1ccc(Br)cc1S(=O)(=O)N(CC(=O)Nc1cccc2ccccc12)c1ccccc1. The zero-order valence-corrected chi connectivity index (χ0v) is 20.1. The Labute approximate surface area is 201 Å². The van der Waals surface area contributed by atoms with Gasteiger partial charge in [0.1, 0.15) is 17.2 Å². The Balaban J connectivity index is 1.71. The van der Waals surface area contributed by atoms with Crippen LogP contribution < -0.4 is 14.4 Å². The standard InChI is InChI=1S/C25H21BrN2O4S/c1-32-23-15-14-19(26)16-24(23)33(30,31)28(20-10-3-2-4-11-20)17-25(29)27-22-13-7-9-18-8-5-6-12-21(18)22/h2-16H,17H2,1H3,(H,27,29). The normalized spacial score (nSPS) is 11.2. The maximum atomic E-state index is 13.7. The van der Waals surface area contributed by atoms with E-state index in [9.17, 15) is 13.2 Å². The van der Waals surface area contributed by atoms with Gasteiger partial charge in [-0.2, -0.15) is 0 Å². The maximum absolute atomic E-state index is 13.7. The minimum absolute atomic E-state index is 0.0406. The quantitative estimate of drug-likeness (QED) is 0.349. The molecule has 0 heterocycles. The molecular formula is C25H21BrN2O4S. The number of carbonyl (C=O) groups is 1. The number of ether oxygens (including phenoxy) is 1. The molecule has 0 aromatic heterocycles. The average molecular weight is 525 g/mol. The van der Waals surface area contributed by atoms with E-state index in [1.165, 1.54) is 13.2 Å². The van der Waals surface area contributed by atoms with Crippen LogP contribution in [0.3, 0.4) is 0 Å². The van der Waals surface area contributed by atoms with E-state index in [2.05, 4.69) is 21.2 Å². The monoisotopic (exact) mass is 524 g/mol. The van der Waals surface area contributed by atoms with Gasteiger partial charge in [0.25, 0.3) is 10.0 Å². The van der Waals surface area contributed by atoms with Crippen LogP contribution in [0.5, 0.6) is 5.75 Å². The van der Waals surface area contributed by atoms with Crippen molar-refractivity contribution < 1.29 is 17.9 Å². The van der Waals surface area contributed by atoms with Crippen molar-refractivity contribution in [2.75, 3.05) is 23.3 Å². The number of halogens is 1. The lowest BCUT2D eigenvalue weighted by Gasteiger charge is -2.25. The first-order valence-electron chi connectivity index (χ1n) is 10.1. The summed E-state index contributed by atoms with van der Waals surface area (Å²) in [5, 5.41) is 4.71. The molecule has 0 spiro atoms. The molecule has 0 saturated heterocycles. The Kier molecular flexibility index (Phi) is 6.67. The van der Waals surface area contributed by atoms with Crippen molar-refractivity contribution in [1.82, 2.24) is 0 Å². The van der Waals surface area contributed by atoms with Gasteiger partial charge in [-0.05, 0) is 41.8 Å². The topological polar surface area (TPSA) is 75.7 Å². The molecule has 0 bridgehead atoms. The second-order valence-electron chi connectivity index (χ2n) is 7.22. The molecule has 168 valence electrons. The lowest BCUT2D eigenvalue weighted by atomic mass is 10.1. The minimum Gasteiger partial charge on any atom is -0.495 e. The molecule has 0 aliphatic rings. The van der Waals surface area contributed by atoms with Gasteiger partial charge >= 0.3 is 0 Å². The number of nitrogens with zero attached hydrogens (tertiary/aromatic N) is 1. The van der Waals surface area contributed by atoms with E-state index in [4.69, 9.17) is 4.74 Å². The smallest absolute Gasteiger partial charge is 0.268 e. The van der Waals surface area contributed by atoms with Gasteiger partial charge in [0, 0.05) is 15.5 Å². The first kappa shape index (κ1) is 22.8. The molecule has 33 heavy (non-hydrogen) atoms. The van der Waals surface area contributed by atoms with Crippen LogP contribution in [0.4, 0.5) is 11.4 Å². The summed E-state index contributed by atoms with van der Waals surface area (Å²) in [6.07, 6.45) is 0. The van der Waals surface area contributed by atoms with Crippen molar-refractivity contribution in [3.63, 3.8) is 0 Å². The average Bonchev–Trinajstić information content (AvgIpc) is 2.83. The predicted octanol–water partition coefficient (Wildman–Crippen LogP) is 5.44. The van der Waals surface area contributed by atoms with Crippen LogP contribution in [-0.4, -0.2) is 28.0 Å². The van der Waals surface area contributed by atoms with Crippen molar-refractivity contribution in [3.05, 3.63) is 95.5 Å². The fraction of sp³-hybridized carbons (Fsp3) is 0.0800. The van der Waals surface area contributed by atoms with E-state index in [-0.39, 0.29) is 10.6 Å². The number of nitrogens with one attached hydrogen (secondary N) is 1. The number of fused-ring (bicyclic) bond motifs is 1. The Morgan fingerprint density at radius 1 is 0.939 bits per heavy atom. The number of benzene rings is 4. The lowest BCUT2D eigenvalue weighted by molar-refractivity contribution is -0.114. The van der Waals surface area contributed by atoms with Gasteiger partial charge in [-0.1, -0.05) is 70.5 Å². The Bertz CT molecular complexity index is 1400. The molecule has 1 N–H and O–H groups in total.